The van der Waals surface area contributed by atoms with E-state index in [0.29, 0.717) is 0 Å². The number of ether oxygens (including phenoxy) is 2. The van der Waals surface area contributed by atoms with Crippen LogP contribution in [-0.4, -0.2) is 36.8 Å². The second-order valence-corrected chi connectivity index (χ2v) is 2.80. The van der Waals surface area contributed by atoms with E-state index in [-0.39, 0.29) is 13.2 Å². The van der Waals surface area contributed by atoms with Gasteiger partial charge in [-0.15, -0.1) is 11.6 Å². The van der Waals surface area contributed by atoms with Gasteiger partial charge in [-0.3, -0.25) is 14.4 Å². The summed E-state index contributed by atoms with van der Waals surface area (Å²) in [6.07, 6.45) is 0. The number of alkyl halides is 1. The molecule has 0 saturated heterocycles. The number of Topliss-reactive ketones (excluding diaryl/α,β-unsaturated/α-hetero) is 1. The molecule has 0 N–H and O–H groups in total. The van der Waals surface area contributed by atoms with Crippen molar-refractivity contribution in [2.45, 2.75) is 13.8 Å². The highest BCUT2D eigenvalue weighted by atomic mass is 35.5. The zero-order chi connectivity index (χ0) is 11.8. The Hall–Kier alpha value is -1.10. The third-order valence-corrected chi connectivity index (χ3v) is 1.76. The van der Waals surface area contributed by atoms with Crippen LogP contribution in [0.3, 0.4) is 0 Å². The molecular formula is C9H13ClO5. The van der Waals surface area contributed by atoms with Gasteiger partial charge < -0.3 is 9.47 Å². The highest BCUT2D eigenvalue weighted by molar-refractivity contribution is 6.32. The molecule has 0 aromatic rings. The molecule has 0 atom stereocenters. The van der Waals surface area contributed by atoms with Crippen LogP contribution in [-0.2, 0) is 23.9 Å². The fraction of sp³-hybridized carbons (Fsp3) is 0.667. The first kappa shape index (κ1) is 13.9. The third kappa shape index (κ3) is 4.29. The van der Waals surface area contributed by atoms with E-state index in [1.165, 1.54) is 0 Å². The molecule has 0 aliphatic rings. The average molecular weight is 237 g/mol. The minimum absolute atomic E-state index is 0.0876. The zero-order valence-corrected chi connectivity index (χ0v) is 9.37. The van der Waals surface area contributed by atoms with Crippen molar-refractivity contribution in [1.29, 1.82) is 0 Å². The van der Waals surface area contributed by atoms with Gasteiger partial charge in [-0.25, -0.2) is 0 Å². The number of carbonyl (C=O) groups is 3. The number of hydrogen-bond donors (Lipinski definition) is 0. The van der Waals surface area contributed by atoms with Crippen molar-refractivity contribution in [3.63, 3.8) is 0 Å². The van der Waals surface area contributed by atoms with Crippen LogP contribution in [0.2, 0.25) is 0 Å². The molecule has 15 heavy (non-hydrogen) atoms. The lowest BCUT2D eigenvalue weighted by Crippen LogP contribution is -2.35. The summed E-state index contributed by atoms with van der Waals surface area (Å²) in [5.74, 6) is -4.53. The quantitative estimate of drug-likeness (QED) is 0.382. The maximum Gasteiger partial charge on any atom is 0.328 e. The Labute approximate surface area is 92.7 Å². The minimum Gasteiger partial charge on any atom is -0.465 e. The Kier molecular flexibility index (Phi) is 6.70. The maximum absolute atomic E-state index is 11.3. The lowest BCUT2D eigenvalue weighted by Gasteiger charge is -2.11. The summed E-state index contributed by atoms with van der Waals surface area (Å²) in [6, 6.07) is 0. The molecule has 5 nitrogen and oxygen atoms in total. The van der Waals surface area contributed by atoms with Crippen molar-refractivity contribution in [2.75, 3.05) is 19.1 Å². The van der Waals surface area contributed by atoms with Gasteiger partial charge in [0.2, 0.25) is 5.92 Å². The Morgan fingerprint density at radius 1 is 1.07 bits per heavy atom. The van der Waals surface area contributed by atoms with E-state index >= 15 is 0 Å². The summed E-state index contributed by atoms with van der Waals surface area (Å²) in [4.78, 5) is 33.7. The molecule has 0 unspecified atom stereocenters. The first-order chi connectivity index (χ1) is 7.08. The summed E-state index contributed by atoms with van der Waals surface area (Å²) < 4.78 is 9.15. The first-order valence-corrected chi connectivity index (χ1v) is 5.03. The Morgan fingerprint density at radius 3 is 1.73 bits per heavy atom. The van der Waals surface area contributed by atoms with Crippen molar-refractivity contribution in [2.24, 2.45) is 5.92 Å². The van der Waals surface area contributed by atoms with E-state index in [1.54, 1.807) is 13.8 Å². The molecule has 0 aliphatic carbocycles. The van der Waals surface area contributed by atoms with Gasteiger partial charge in [-0.2, -0.15) is 0 Å². The average Bonchev–Trinajstić information content (AvgIpc) is 2.18. The molecule has 0 spiro atoms. The number of ketones is 1. The maximum atomic E-state index is 11.3. The van der Waals surface area contributed by atoms with Crippen LogP contribution in [0, 0.1) is 5.92 Å². The van der Waals surface area contributed by atoms with Gasteiger partial charge in [0.1, 0.15) is 0 Å². The number of halogens is 1. The Bertz CT molecular complexity index is 233. The predicted octanol–water partition coefficient (Wildman–Crippen LogP) is 0.537. The van der Waals surface area contributed by atoms with Crippen molar-refractivity contribution < 1.29 is 23.9 Å². The summed E-state index contributed by atoms with van der Waals surface area (Å²) in [5.41, 5.74) is 0. The van der Waals surface area contributed by atoms with Gasteiger partial charge >= 0.3 is 11.9 Å². The van der Waals surface area contributed by atoms with Gasteiger partial charge in [0, 0.05) is 0 Å². The Morgan fingerprint density at radius 2 is 1.47 bits per heavy atom. The van der Waals surface area contributed by atoms with E-state index in [2.05, 4.69) is 9.47 Å². The number of rotatable bonds is 6. The lowest BCUT2D eigenvalue weighted by molar-refractivity contribution is -0.163. The fourth-order valence-corrected chi connectivity index (χ4v) is 1.04. The van der Waals surface area contributed by atoms with Gasteiger partial charge in [0.15, 0.2) is 5.78 Å². The molecule has 0 bridgehead atoms. The molecule has 0 amide bonds. The van der Waals surface area contributed by atoms with Gasteiger partial charge in [0.25, 0.3) is 0 Å². The molecule has 0 aromatic carbocycles. The van der Waals surface area contributed by atoms with Crippen LogP contribution in [0.1, 0.15) is 13.8 Å². The van der Waals surface area contributed by atoms with Gasteiger partial charge in [0.05, 0.1) is 19.1 Å². The van der Waals surface area contributed by atoms with Crippen LogP contribution < -0.4 is 0 Å². The molecule has 0 aromatic heterocycles. The topological polar surface area (TPSA) is 69.7 Å². The molecule has 0 saturated carbocycles. The summed E-state index contributed by atoms with van der Waals surface area (Å²) in [7, 11) is 0. The van der Waals surface area contributed by atoms with Crippen molar-refractivity contribution in [1.82, 2.24) is 0 Å². The van der Waals surface area contributed by atoms with Crippen molar-refractivity contribution in [3.8, 4) is 0 Å². The highest BCUT2D eigenvalue weighted by Gasteiger charge is 2.35. The van der Waals surface area contributed by atoms with E-state index < -0.39 is 29.5 Å². The monoisotopic (exact) mass is 236 g/mol. The molecule has 0 aliphatic heterocycles. The predicted molar refractivity (Wildman–Crippen MR) is 52.5 cm³/mol. The summed E-state index contributed by atoms with van der Waals surface area (Å²) in [5, 5.41) is 0. The summed E-state index contributed by atoms with van der Waals surface area (Å²) in [6.45, 7) is 3.32. The van der Waals surface area contributed by atoms with Crippen LogP contribution in [0.4, 0.5) is 0 Å². The van der Waals surface area contributed by atoms with Crippen molar-refractivity contribution >= 4 is 29.3 Å². The smallest absolute Gasteiger partial charge is 0.328 e. The molecule has 0 fully saturated rings. The second-order valence-electron chi connectivity index (χ2n) is 2.54. The van der Waals surface area contributed by atoms with E-state index in [1.807, 2.05) is 0 Å². The minimum atomic E-state index is -1.55. The van der Waals surface area contributed by atoms with Crippen LogP contribution in [0.25, 0.3) is 0 Å². The summed E-state index contributed by atoms with van der Waals surface area (Å²) >= 11 is 5.27. The lowest BCUT2D eigenvalue weighted by atomic mass is 10.1. The van der Waals surface area contributed by atoms with Crippen LogP contribution >= 0.6 is 11.6 Å². The Balaban J connectivity index is 4.64. The largest absolute Gasteiger partial charge is 0.465 e. The van der Waals surface area contributed by atoms with E-state index in [9.17, 15) is 14.4 Å². The fourth-order valence-electron chi connectivity index (χ4n) is 0.887. The van der Waals surface area contributed by atoms with Crippen LogP contribution in [0.15, 0.2) is 0 Å². The molecule has 0 heterocycles. The SMILES string of the molecule is CCOC(=O)C(C(=O)CCl)C(=O)OCC. The normalized spacial score (nSPS) is 9.87. The first-order valence-electron chi connectivity index (χ1n) is 4.50. The van der Waals surface area contributed by atoms with E-state index in [4.69, 9.17) is 11.6 Å². The second kappa shape index (κ2) is 7.23. The van der Waals surface area contributed by atoms with E-state index in [0.717, 1.165) is 0 Å². The molecule has 0 rings (SSSR count). The van der Waals surface area contributed by atoms with Crippen LogP contribution in [0.5, 0.6) is 0 Å². The molecule has 6 heteroatoms. The van der Waals surface area contributed by atoms with Gasteiger partial charge in [-0.1, -0.05) is 0 Å². The zero-order valence-electron chi connectivity index (χ0n) is 8.62. The molecule has 0 radical (unpaired) electrons. The van der Waals surface area contributed by atoms with Gasteiger partial charge in [-0.05, 0) is 13.8 Å². The molecule has 86 valence electrons. The standard InChI is InChI=1S/C9H13ClO5/c1-3-14-8(12)7(6(11)5-10)9(13)15-4-2/h7H,3-5H2,1-2H3. The highest BCUT2D eigenvalue weighted by Crippen LogP contribution is 2.06. The number of hydrogen-bond acceptors (Lipinski definition) is 5. The third-order valence-electron chi connectivity index (χ3n) is 1.50. The number of esters is 2. The van der Waals surface area contributed by atoms with Crippen molar-refractivity contribution in [3.05, 3.63) is 0 Å². The molecular weight excluding hydrogens is 224 g/mol. The number of carbonyl (C=O) groups excluding carboxylic acids is 3.